The molecule has 1 aromatic carbocycles. The van der Waals surface area contributed by atoms with Crippen molar-refractivity contribution in [1.29, 1.82) is 0 Å². The Hall–Kier alpha value is -1.84. The molecular weight excluding hydrogens is 218 g/mol. The van der Waals surface area contributed by atoms with Crippen molar-refractivity contribution in [2.24, 2.45) is 0 Å². The minimum absolute atomic E-state index is 0.196. The molecule has 92 valence electrons. The molecule has 1 N–H and O–H groups in total. The van der Waals surface area contributed by atoms with E-state index in [-0.39, 0.29) is 24.9 Å². The van der Waals surface area contributed by atoms with Crippen molar-refractivity contribution < 1.29 is 14.3 Å². The van der Waals surface area contributed by atoms with Crippen molar-refractivity contribution in [3.8, 4) is 0 Å². The van der Waals surface area contributed by atoms with Crippen molar-refractivity contribution in [2.45, 2.75) is 19.8 Å². The zero-order chi connectivity index (χ0) is 12.5. The number of amides is 1. The van der Waals surface area contributed by atoms with E-state index in [0.717, 1.165) is 12.0 Å². The van der Waals surface area contributed by atoms with Crippen molar-refractivity contribution in [1.82, 2.24) is 5.32 Å². The zero-order valence-corrected chi connectivity index (χ0v) is 9.94. The monoisotopic (exact) mass is 235 g/mol. The summed E-state index contributed by atoms with van der Waals surface area (Å²) in [5.41, 5.74) is 0.881. The predicted molar refractivity (Wildman–Crippen MR) is 64.4 cm³/mol. The van der Waals surface area contributed by atoms with E-state index >= 15 is 0 Å². The molecule has 0 saturated heterocycles. The topological polar surface area (TPSA) is 55.4 Å². The second-order valence-electron chi connectivity index (χ2n) is 3.67. The van der Waals surface area contributed by atoms with E-state index in [1.54, 1.807) is 0 Å². The van der Waals surface area contributed by atoms with Crippen molar-refractivity contribution in [3.63, 3.8) is 0 Å². The summed E-state index contributed by atoms with van der Waals surface area (Å²) >= 11 is 0. The number of carbonyl (C=O) groups is 2. The lowest BCUT2D eigenvalue weighted by Crippen LogP contribution is -2.29. The summed E-state index contributed by atoms with van der Waals surface area (Å²) in [6.45, 7) is 2.36. The SMILES string of the molecule is CCCNC(=O)COC(=O)Cc1ccccc1. The Balaban J connectivity index is 2.24. The van der Waals surface area contributed by atoms with E-state index in [4.69, 9.17) is 4.74 Å². The number of ether oxygens (including phenoxy) is 1. The van der Waals surface area contributed by atoms with Crippen molar-refractivity contribution >= 4 is 11.9 Å². The van der Waals surface area contributed by atoms with Gasteiger partial charge in [-0.05, 0) is 12.0 Å². The first kappa shape index (κ1) is 13.2. The van der Waals surface area contributed by atoms with E-state index in [9.17, 15) is 9.59 Å². The molecular formula is C13H17NO3. The maximum absolute atomic E-state index is 11.4. The quantitative estimate of drug-likeness (QED) is 0.756. The van der Waals surface area contributed by atoms with Gasteiger partial charge in [-0.15, -0.1) is 0 Å². The normalized spacial score (nSPS) is 9.71. The lowest BCUT2D eigenvalue weighted by molar-refractivity contribution is -0.147. The highest BCUT2D eigenvalue weighted by Gasteiger charge is 2.07. The molecule has 1 rings (SSSR count). The Bertz CT molecular complexity index is 362. The number of carbonyl (C=O) groups excluding carboxylic acids is 2. The van der Waals surface area contributed by atoms with E-state index < -0.39 is 0 Å². The Morgan fingerprint density at radius 2 is 1.94 bits per heavy atom. The summed E-state index contributed by atoms with van der Waals surface area (Å²) in [7, 11) is 0. The summed E-state index contributed by atoms with van der Waals surface area (Å²) < 4.78 is 4.85. The number of esters is 1. The maximum Gasteiger partial charge on any atom is 0.310 e. The molecule has 1 amide bonds. The fourth-order valence-electron chi connectivity index (χ4n) is 1.28. The van der Waals surface area contributed by atoms with Gasteiger partial charge < -0.3 is 10.1 Å². The molecule has 0 aromatic heterocycles. The van der Waals surface area contributed by atoms with Crippen LogP contribution in [0.1, 0.15) is 18.9 Å². The first-order valence-electron chi connectivity index (χ1n) is 5.68. The van der Waals surface area contributed by atoms with Crippen molar-refractivity contribution in [2.75, 3.05) is 13.2 Å². The average Bonchev–Trinajstić information content (AvgIpc) is 2.35. The Morgan fingerprint density at radius 3 is 2.59 bits per heavy atom. The molecule has 0 unspecified atom stereocenters. The van der Waals surface area contributed by atoms with Crippen LogP contribution in [-0.4, -0.2) is 25.0 Å². The molecule has 17 heavy (non-hydrogen) atoms. The summed E-state index contributed by atoms with van der Waals surface area (Å²) in [6, 6.07) is 9.29. The lowest BCUT2D eigenvalue weighted by atomic mass is 10.2. The van der Waals surface area contributed by atoms with Crippen LogP contribution in [0.5, 0.6) is 0 Å². The van der Waals surface area contributed by atoms with Crippen molar-refractivity contribution in [3.05, 3.63) is 35.9 Å². The predicted octanol–water partition coefficient (Wildman–Crippen LogP) is 1.30. The van der Waals surface area contributed by atoms with Crippen LogP contribution in [0, 0.1) is 0 Å². The van der Waals surface area contributed by atoms with Crippen LogP contribution >= 0.6 is 0 Å². The fourth-order valence-corrected chi connectivity index (χ4v) is 1.28. The minimum Gasteiger partial charge on any atom is -0.455 e. The van der Waals surface area contributed by atoms with Gasteiger partial charge in [0.1, 0.15) is 0 Å². The van der Waals surface area contributed by atoms with Gasteiger partial charge in [0.2, 0.25) is 0 Å². The molecule has 0 aliphatic rings. The van der Waals surface area contributed by atoms with E-state index in [1.807, 2.05) is 37.3 Å². The summed E-state index contributed by atoms with van der Waals surface area (Å²) in [5, 5.41) is 2.64. The second-order valence-corrected chi connectivity index (χ2v) is 3.67. The third-order valence-electron chi connectivity index (χ3n) is 2.13. The van der Waals surface area contributed by atoms with Crippen LogP contribution in [0.3, 0.4) is 0 Å². The number of nitrogens with one attached hydrogen (secondary N) is 1. The van der Waals surface area contributed by atoms with E-state index in [1.165, 1.54) is 0 Å². The molecule has 0 radical (unpaired) electrons. The van der Waals surface area contributed by atoms with E-state index in [0.29, 0.717) is 6.54 Å². The standard InChI is InChI=1S/C13H17NO3/c1-2-8-14-12(15)10-17-13(16)9-11-6-4-3-5-7-11/h3-7H,2,8-10H2,1H3,(H,14,15). The van der Waals surface area contributed by atoms with Gasteiger partial charge >= 0.3 is 5.97 Å². The molecule has 0 fully saturated rings. The number of hydrogen-bond acceptors (Lipinski definition) is 3. The molecule has 4 heteroatoms. The maximum atomic E-state index is 11.4. The van der Waals surface area contributed by atoms with E-state index in [2.05, 4.69) is 5.32 Å². The summed E-state index contributed by atoms with van der Waals surface area (Å²) in [5.74, 6) is -0.642. The second kappa shape index (κ2) is 7.44. The third kappa shape index (κ3) is 5.70. The first-order chi connectivity index (χ1) is 8.22. The van der Waals surface area contributed by atoms with Crippen LogP contribution in [-0.2, 0) is 20.7 Å². The first-order valence-corrected chi connectivity index (χ1v) is 5.68. The van der Waals surface area contributed by atoms with Crippen LogP contribution in [0.25, 0.3) is 0 Å². The molecule has 0 aliphatic carbocycles. The van der Waals surface area contributed by atoms with Gasteiger partial charge in [0.05, 0.1) is 6.42 Å². The smallest absolute Gasteiger partial charge is 0.310 e. The number of hydrogen-bond donors (Lipinski definition) is 1. The fraction of sp³-hybridized carbons (Fsp3) is 0.385. The minimum atomic E-state index is -0.386. The molecule has 0 saturated carbocycles. The van der Waals surface area contributed by atoms with Gasteiger partial charge in [0.25, 0.3) is 5.91 Å². The molecule has 0 heterocycles. The number of rotatable bonds is 6. The van der Waals surface area contributed by atoms with Gasteiger partial charge in [-0.25, -0.2) is 0 Å². The highest BCUT2D eigenvalue weighted by molar-refractivity contribution is 5.81. The highest BCUT2D eigenvalue weighted by Crippen LogP contribution is 2.00. The lowest BCUT2D eigenvalue weighted by Gasteiger charge is -2.05. The van der Waals surface area contributed by atoms with Gasteiger partial charge in [0, 0.05) is 6.54 Å². The molecule has 0 atom stereocenters. The molecule has 0 aliphatic heterocycles. The average molecular weight is 235 g/mol. The summed E-state index contributed by atoms with van der Waals surface area (Å²) in [4.78, 5) is 22.6. The van der Waals surface area contributed by atoms with Crippen LogP contribution in [0.4, 0.5) is 0 Å². The van der Waals surface area contributed by atoms with Crippen LogP contribution in [0.15, 0.2) is 30.3 Å². The Labute approximate surface area is 101 Å². The zero-order valence-electron chi connectivity index (χ0n) is 9.94. The Kier molecular flexibility index (Phi) is 5.79. The van der Waals surface area contributed by atoms with Crippen LogP contribution in [0.2, 0.25) is 0 Å². The van der Waals surface area contributed by atoms with Gasteiger partial charge in [-0.3, -0.25) is 9.59 Å². The van der Waals surface area contributed by atoms with Crippen LogP contribution < -0.4 is 5.32 Å². The molecule has 1 aromatic rings. The highest BCUT2D eigenvalue weighted by atomic mass is 16.5. The van der Waals surface area contributed by atoms with Gasteiger partial charge in [-0.2, -0.15) is 0 Å². The van der Waals surface area contributed by atoms with Gasteiger partial charge in [0.15, 0.2) is 6.61 Å². The third-order valence-corrected chi connectivity index (χ3v) is 2.13. The molecule has 0 spiro atoms. The number of benzene rings is 1. The summed E-state index contributed by atoms with van der Waals surface area (Å²) in [6.07, 6.45) is 1.06. The largest absolute Gasteiger partial charge is 0.455 e. The molecule has 0 bridgehead atoms. The Morgan fingerprint density at radius 1 is 1.24 bits per heavy atom. The van der Waals surface area contributed by atoms with Gasteiger partial charge in [-0.1, -0.05) is 37.3 Å². The molecule has 4 nitrogen and oxygen atoms in total.